The van der Waals surface area contributed by atoms with Gasteiger partial charge in [-0.25, -0.2) is 4.39 Å². The van der Waals surface area contributed by atoms with E-state index in [1.54, 1.807) is 36.4 Å². The largest absolute Gasteiger partial charge is 0.457 e. The van der Waals surface area contributed by atoms with Gasteiger partial charge in [-0.15, -0.1) is 0 Å². The number of ketones is 1. The van der Waals surface area contributed by atoms with Crippen LogP contribution in [0, 0.1) is 5.82 Å². The first-order valence-electron chi connectivity index (χ1n) is 12.4. The zero-order valence-electron chi connectivity index (χ0n) is 20.7. The number of carbonyl (C=O) groups excluding carboxylic acids is 2. The lowest BCUT2D eigenvalue weighted by Crippen LogP contribution is -2.51. The molecule has 1 amide bonds. The van der Waals surface area contributed by atoms with E-state index >= 15 is 0 Å². The summed E-state index contributed by atoms with van der Waals surface area (Å²) in [6.45, 7) is 3.97. The highest BCUT2D eigenvalue weighted by atomic mass is 19.1. The fourth-order valence-corrected chi connectivity index (χ4v) is 4.03. The molecule has 0 radical (unpaired) electrons. The van der Waals surface area contributed by atoms with Gasteiger partial charge in [-0.3, -0.25) is 14.5 Å². The van der Waals surface area contributed by atoms with Gasteiger partial charge in [0.15, 0.2) is 5.78 Å². The molecule has 8 heteroatoms. The van der Waals surface area contributed by atoms with Crippen molar-refractivity contribution in [1.82, 2.24) is 15.5 Å². The van der Waals surface area contributed by atoms with Gasteiger partial charge in [-0.05, 0) is 47.5 Å². The molecule has 2 N–H and O–H groups in total. The minimum absolute atomic E-state index is 0.0901. The van der Waals surface area contributed by atoms with E-state index in [1.165, 1.54) is 12.1 Å². The molecule has 7 nitrogen and oxygen atoms in total. The van der Waals surface area contributed by atoms with Crippen LogP contribution in [0.15, 0.2) is 78.9 Å². The number of halogens is 1. The molecule has 0 aliphatic carbocycles. The molecule has 0 aromatic heterocycles. The summed E-state index contributed by atoms with van der Waals surface area (Å²) in [4.78, 5) is 28.0. The van der Waals surface area contributed by atoms with Crippen LogP contribution >= 0.6 is 0 Å². The summed E-state index contributed by atoms with van der Waals surface area (Å²) < 4.78 is 24.6. The number of benzene rings is 3. The highest BCUT2D eigenvalue weighted by Gasteiger charge is 2.23. The van der Waals surface area contributed by atoms with E-state index in [1.807, 2.05) is 30.3 Å². The zero-order chi connectivity index (χ0) is 25.9. The van der Waals surface area contributed by atoms with Crippen LogP contribution in [0.1, 0.15) is 11.1 Å². The van der Waals surface area contributed by atoms with E-state index in [0.29, 0.717) is 18.1 Å². The smallest absolute Gasteiger partial charge is 0.234 e. The van der Waals surface area contributed by atoms with Gasteiger partial charge in [0.2, 0.25) is 5.91 Å². The summed E-state index contributed by atoms with van der Waals surface area (Å²) >= 11 is 0. The predicted molar refractivity (Wildman–Crippen MR) is 139 cm³/mol. The number of hydrogen-bond donors (Lipinski definition) is 2. The van der Waals surface area contributed by atoms with Gasteiger partial charge in [0, 0.05) is 32.6 Å². The van der Waals surface area contributed by atoms with E-state index in [4.69, 9.17) is 9.47 Å². The third-order valence-electron chi connectivity index (χ3n) is 6.05. The van der Waals surface area contributed by atoms with Gasteiger partial charge >= 0.3 is 0 Å². The quantitative estimate of drug-likeness (QED) is 0.393. The standard InChI is InChI=1S/C29H32FN3O4/c30-24-8-12-26(13-9-24)37-25-10-6-22(7-11-25)18-28(34)27(21-36-20-23-4-2-1-3-5-23)32-29(35)19-33-16-14-31-15-17-33/h1-13,27,31H,14-21H2,(H,32,35)/t27-/m0/s1. The molecule has 3 aromatic carbocycles. The minimum atomic E-state index is -0.755. The molecule has 37 heavy (non-hydrogen) atoms. The number of nitrogens with one attached hydrogen (secondary N) is 2. The second kappa shape index (κ2) is 13.6. The van der Waals surface area contributed by atoms with Crippen molar-refractivity contribution in [2.24, 2.45) is 0 Å². The fourth-order valence-electron chi connectivity index (χ4n) is 4.03. The maximum atomic E-state index is 13.2. The maximum absolute atomic E-state index is 13.2. The average Bonchev–Trinajstić information content (AvgIpc) is 2.91. The monoisotopic (exact) mass is 505 g/mol. The Labute approximate surface area is 216 Å². The van der Waals surface area contributed by atoms with Crippen LogP contribution in [0.5, 0.6) is 11.5 Å². The summed E-state index contributed by atoms with van der Waals surface area (Å²) in [7, 11) is 0. The van der Waals surface area contributed by atoms with Crippen LogP contribution in [0.3, 0.4) is 0 Å². The fraction of sp³-hybridized carbons (Fsp3) is 0.310. The van der Waals surface area contributed by atoms with Crippen molar-refractivity contribution in [1.29, 1.82) is 0 Å². The van der Waals surface area contributed by atoms with Crippen LogP contribution in [0.2, 0.25) is 0 Å². The van der Waals surface area contributed by atoms with Crippen molar-refractivity contribution < 1.29 is 23.5 Å². The molecule has 1 aliphatic rings. The average molecular weight is 506 g/mol. The van der Waals surface area contributed by atoms with Crippen LogP contribution in [-0.2, 0) is 27.4 Å². The molecule has 3 aromatic rings. The molecule has 0 saturated carbocycles. The van der Waals surface area contributed by atoms with E-state index in [2.05, 4.69) is 15.5 Å². The van der Waals surface area contributed by atoms with Crippen molar-refractivity contribution in [3.05, 3.63) is 95.8 Å². The van der Waals surface area contributed by atoms with Crippen molar-refractivity contribution in [3.8, 4) is 11.5 Å². The highest BCUT2D eigenvalue weighted by molar-refractivity contribution is 5.91. The Balaban J connectivity index is 1.34. The first-order chi connectivity index (χ1) is 18.0. The zero-order valence-corrected chi connectivity index (χ0v) is 20.7. The molecular formula is C29H32FN3O4. The molecule has 1 saturated heterocycles. The van der Waals surface area contributed by atoms with E-state index < -0.39 is 6.04 Å². The first-order valence-corrected chi connectivity index (χ1v) is 12.4. The van der Waals surface area contributed by atoms with Crippen LogP contribution < -0.4 is 15.4 Å². The summed E-state index contributed by atoms with van der Waals surface area (Å²) in [6.07, 6.45) is 0.143. The van der Waals surface area contributed by atoms with Gasteiger partial charge in [-0.2, -0.15) is 0 Å². The minimum Gasteiger partial charge on any atom is -0.457 e. The Bertz CT molecular complexity index is 1130. The second-order valence-corrected chi connectivity index (χ2v) is 8.99. The number of carbonyl (C=O) groups is 2. The SMILES string of the molecule is O=C(CN1CCNCC1)N[C@@H](COCc1ccccc1)C(=O)Cc1ccc(Oc2ccc(F)cc2)cc1. The van der Waals surface area contributed by atoms with Crippen molar-refractivity contribution >= 4 is 11.7 Å². The van der Waals surface area contributed by atoms with E-state index in [9.17, 15) is 14.0 Å². The number of hydrogen-bond acceptors (Lipinski definition) is 6. The Morgan fingerprint density at radius 2 is 1.54 bits per heavy atom. The molecule has 0 bridgehead atoms. The molecule has 1 heterocycles. The van der Waals surface area contributed by atoms with Gasteiger partial charge in [0.25, 0.3) is 0 Å². The maximum Gasteiger partial charge on any atom is 0.234 e. The number of rotatable bonds is 12. The normalized spacial score (nSPS) is 14.6. The Morgan fingerprint density at radius 1 is 0.892 bits per heavy atom. The number of amides is 1. The van der Waals surface area contributed by atoms with Gasteiger partial charge < -0.3 is 20.1 Å². The third-order valence-corrected chi connectivity index (χ3v) is 6.05. The summed E-state index contributed by atoms with van der Waals surface area (Å²) in [5.41, 5.74) is 1.79. The van der Waals surface area contributed by atoms with Crippen molar-refractivity contribution in [2.75, 3.05) is 39.3 Å². The molecule has 0 unspecified atom stereocenters. The van der Waals surface area contributed by atoms with Gasteiger partial charge in [0.05, 0.1) is 19.8 Å². The van der Waals surface area contributed by atoms with E-state index in [-0.39, 0.29) is 37.1 Å². The molecule has 0 spiro atoms. The van der Waals surface area contributed by atoms with E-state index in [0.717, 1.165) is 37.3 Å². The lowest BCUT2D eigenvalue weighted by Gasteiger charge is -2.27. The van der Waals surface area contributed by atoms with Crippen LogP contribution in [-0.4, -0.2) is 62.0 Å². The molecule has 1 fully saturated rings. The Hall–Kier alpha value is -3.59. The van der Waals surface area contributed by atoms with Crippen LogP contribution in [0.25, 0.3) is 0 Å². The number of ether oxygens (including phenoxy) is 2. The first kappa shape index (κ1) is 26.5. The van der Waals surface area contributed by atoms with Gasteiger partial charge in [0.1, 0.15) is 23.4 Å². The second-order valence-electron chi connectivity index (χ2n) is 8.99. The Morgan fingerprint density at radius 3 is 2.22 bits per heavy atom. The molecular weight excluding hydrogens is 473 g/mol. The van der Waals surface area contributed by atoms with Gasteiger partial charge in [-0.1, -0.05) is 42.5 Å². The molecule has 4 rings (SSSR count). The number of nitrogens with zero attached hydrogens (tertiary/aromatic N) is 1. The summed E-state index contributed by atoms with van der Waals surface area (Å²) in [5.74, 6) is 0.451. The lowest BCUT2D eigenvalue weighted by atomic mass is 10.0. The lowest BCUT2D eigenvalue weighted by molar-refractivity contribution is -0.129. The predicted octanol–water partition coefficient (Wildman–Crippen LogP) is 3.34. The summed E-state index contributed by atoms with van der Waals surface area (Å²) in [6, 6.07) is 21.8. The topological polar surface area (TPSA) is 79.9 Å². The van der Waals surface area contributed by atoms with Crippen LogP contribution in [0.4, 0.5) is 4.39 Å². The number of piperazine rings is 1. The molecule has 1 aliphatic heterocycles. The Kier molecular flexibility index (Phi) is 9.76. The number of Topliss-reactive ketones (excluding diaryl/α,β-unsaturated/α-hetero) is 1. The van der Waals surface area contributed by atoms with Crippen molar-refractivity contribution in [3.63, 3.8) is 0 Å². The van der Waals surface area contributed by atoms with Crippen molar-refractivity contribution in [2.45, 2.75) is 19.1 Å². The molecule has 194 valence electrons. The summed E-state index contributed by atoms with van der Waals surface area (Å²) in [5, 5.41) is 6.15. The third kappa shape index (κ3) is 8.78. The highest BCUT2D eigenvalue weighted by Crippen LogP contribution is 2.22. The molecule has 1 atom stereocenters.